The van der Waals surface area contributed by atoms with Crippen molar-refractivity contribution in [1.82, 2.24) is 15.3 Å². The van der Waals surface area contributed by atoms with Crippen molar-refractivity contribution in [3.05, 3.63) is 24.3 Å². The molecular formula is C20H28N4O3. The largest absolute Gasteiger partial charge is 0.494 e. The summed E-state index contributed by atoms with van der Waals surface area (Å²) in [6.45, 7) is 3.42. The molecule has 7 heteroatoms. The minimum atomic E-state index is -0.0766. The van der Waals surface area contributed by atoms with E-state index >= 15 is 0 Å². The van der Waals surface area contributed by atoms with E-state index in [0.29, 0.717) is 19.1 Å². The monoisotopic (exact) mass is 372 g/mol. The lowest BCUT2D eigenvalue weighted by molar-refractivity contribution is -0.153. The predicted octanol–water partition coefficient (Wildman–Crippen LogP) is 1.61. The van der Waals surface area contributed by atoms with Gasteiger partial charge in [0.2, 0.25) is 11.8 Å². The molecule has 0 spiro atoms. The molecule has 1 aliphatic carbocycles. The first kappa shape index (κ1) is 18.3. The molecule has 0 radical (unpaired) electrons. The second-order valence-corrected chi connectivity index (χ2v) is 7.66. The van der Waals surface area contributed by atoms with E-state index in [2.05, 4.69) is 15.8 Å². The maximum atomic E-state index is 12.8. The Morgan fingerprint density at radius 2 is 2.00 bits per heavy atom. The number of benzene rings is 1. The van der Waals surface area contributed by atoms with E-state index in [1.807, 2.05) is 43.1 Å². The first-order chi connectivity index (χ1) is 13.1. The summed E-state index contributed by atoms with van der Waals surface area (Å²) in [5.41, 5.74) is 4.16. The van der Waals surface area contributed by atoms with Crippen molar-refractivity contribution < 1.29 is 14.3 Å². The molecule has 1 saturated carbocycles. The van der Waals surface area contributed by atoms with E-state index in [1.165, 1.54) is 0 Å². The van der Waals surface area contributed by atoms with Gasteiger partial charge in [-0.2, -0.15) is 0 Å². The first-order valence-corrected chi connectivity index (χ1v) is 9.90. The number of anilines is 1. The number of ether oxygens (including phenoxy) is 1. The van der Waals surface area contributed by atoms with Crippen molar-refractivity contribution in [1.29, 1.82) is 0 Å². The fourth-order valence-electron chi connectivity index (χ4n) is 4.72. The van der Waals surface area contributed by atoms with Crippen molar-refractivity contribution in [2.24, 2.45) is 5.92 Å². The van der Waals surface area contributed by atoms with Crippen LogP contribution in [0.5, 0.6) is 5.75 Å². The highest BCUT2D eigenvalue weighted by molar-refractivity contribution is 5.93. The summed E-state index contributed by atoms with van der Waals surface area (Å²) in [6.07, 6.45) is 3.35. The van der Waals surface area contributed by atoms with Gasteiger partial charge in [-0.3, -0.25) is 15.0 Å². The zero-order chi connectivity index (χ0) is 19.0. The standard InChI is InChI=1S/C20H28N4O3/c1-3-27-15-7-5-14(6-8-15)22-19(25)13-4-9-16-18(12-13)23(2)20(26)17-10-11-21-24(16)17/h5-8,13,16-18,21H,3-4,9-12H2,1-2H3,(H,22,25). The molecule has 4 unspecified atom stereocenters. The Hall–Kier alpha value is -2.12. The van der Waals surface area contributed by atoms with Crippen LogP contribution in [0.15, 0.2) is 24.3 Å². The lowest BCUT2D eigenvalue weighted by Gasteiger charge is -2.50. The summed E-state index contributed by atoms with van der Waals surface area (Å²) in [4.78, 5) is 27.3. The summed E-state index contributed by atoms with van der Waals surface area (Å²) in [6, 6.07) is 7.81. The topological polar surface area (TPSA) is 73.9 Å². The van der Waals surface area contributed by atoms with Gasteiger partial charge in [-0.1, -0.05) is 0 Å². The highest BCUT2D eigenvalue weighted by Crippen LogP contribution is 2.37. The van der Waals surface area contributed by atoms with E-state index in [0.717, 1.165) is 37.2 Å². The fraction of sp³-hybridized carbons (Fsp3) is 0.600. The van der Waals surface area contributed by atoms with Gasteiger partial charge in [0.25, 0.3) is 0 Å². The number of hydrazine groups is 1. The summed E-state index contributed by atoms with van der Waals surface area (Å²) in [7, 11) is 1.89. The molecule has 1 aromatic carbocycles. The lowest BCUT2D eigenvalue weighted by atomic mass is 9.79. The SMILES string of the molecule is CCOc1ccc(NC(=O)C2CCC3C(C2)N(C)C(=O)C2CCNN23)cc1. The molecule has 4 rings (SSSR count). The van der Waals surface area contributed by atoms with Gasteiger partial charge in [-0.25, -0.2) is 5.01 Å². The van der Waals surface area contributed by atoms with Gasteiger partial charge >= 0.3 is 0 Å². The molecule has 146 valence electrons. The van der Waals surface area contributed by atoms with Crippen LogP contribution in [0.25, 0.3) is 0 Å². The minimum absolute atomic E-state index is 0.0366. The maximum absolute atomic E-state index is 12.8. The molecule has 2 saturated heterocycles. The second kappa shape index (κ2) is 7.48. The summed E-state index contributed by atoms with van der Waals surface area (Å²) < 4.78 is 5.44. The van der Waals surface area contributed by atoms with E-state index in [-0.39, 0.29) is 29.8 Å². The Morgan fingerprint density at radius 3 is 2.74 bits per heavy atom. The number of piperazine rings is 1. The molecule has 2 N–H and O–H groups in total. The third-order valence-corrected chi connectivity index (χ3v) is 6.12. The van der Waals surface area contributed by atoms with Crippen LogP contribution in [-0.4, -0.2) is 60.0 Å². The van der Waals surface area contributed by atoms with Crippen molar-refractivity contribution in [2.45, 2.75) is 50.7 Å². The fourth-order valence-corrected chi connectivity index (χ4v) is 4.72. The molecule has 1 aromatic rings. The second-order valence-electron chi connectivity index (χ2n) is 7.66. The van der Waals surface area contributed by atoms with Gasteiger partial charge < -0.3 is 15.0 Å². The molecule has 4 atom stereocenters. The number of carbonyl (C=O) groups excluding carboxylic acids is 2. The van der Waals surface area contributed by atoms with Crippen molar-refractivity contribution in [3.8, 4) is 5.75 Å². The molecular weight excluding hydrogens is 344 g/mol. The highest BCUT2D eigenvalue weighted by atomic mass is 16.5. The third-order valence-electron chi connectivity index (χ3n) is 6.12. The molecule has 0 aromatic heterocycles. The van der Waals surface area contributed by atoms with E-state index in [1.54, 1.807) is 0 Å². The Labute approximate surface area is 160 Å². The summed E-state index contributed by atoms with van der Waals surface area (Å²) in [5, 5.41) is 5.18. The van der Waals surface area contributed by atoms with Crippen LogP contribution in [0.3, 0.4) is 0 Å². The summed E-state index contributed by atoms with van der Waals surface area (Å²) >= 11 is 0. The Bertz CT molecular complexity index is 708. The number of hydrogen-bond acceptors (Lipinski definition) is 5. The Kier molecular flexibility index (Phi) is 5.06. The zero-order valence-corrected chi connectivity index (χ0v) is 16.0. The van der Waals surface area contributed by atoms with Crippen LogP contribution >= 0.6 is 0 Å². The number of carbonyl (C=O) groups is 2. The van der Waals surface area contributed by atoms with E-state index in [4.69, 9.17) is 4.74 Å². The minimum Gasteiger partial charge on any atom is -0.494 e. The number of nitrogens with zero attached hydrogens (tertiary/aromatic N) is 2. The number of nitrogens with one attached hydrogen (secondary N) is 2. The number of hydrogen-bond donors (Lipinski definition) is 2. The van der Waals surface area contributed by atoms with Gasteiger partial charge in [-0.15, -0.1) is 0 Å². The molecule has 0 bridgehead atoms. The smallest absolute Gasteiger partial charge is 0.241 e. The van der Waals surface area contributed by atoms with Crippen LogP contribution < -0.4 is 15.5 Å². The molecule has 2 amide bonds. The van der Waals surface area contributed by atoms with Crippen LogP contribution in [0, 0.1) is 5.92 Å². The number of likely N-dealkylation sites (N-methyl/N-ethyl adjacent to an activating group) is 1. The van der Waals surface area contributed by atoms with Crippen molar-refractivity contribution in [2.75, 3.05) is 25.5 Å². The number of amides is 2. The van der Waals surface area contributed by atoms with Crippen LogP contribution in [0.2, 0.25) is 0 Å². The number of rotatable bonds is 4. The molecule has 3 aliphatic rings. The average Bonchev–Trinajstić information content (AvgIpc) is 3.17. The Morgan fingerprint density at radius 1 is 1.22 bits per heavy atom. The predicted molar refractivity (Wildman–Crippen MR) is 102 cm³/mol. The third kappa shape index (κ3) is 3.41. The van der Waals surface area contributed by atoms with Gasteiger partial charge in [-0.05, 0) is 56.9 Å². The van der Waals surface area contributed by atoms with Crippen molar-refractivity contribution >= 4 is 17.5 Å². The van der Waals surface area contributed by atoms with Crippen LogP contribution in [0.4, 0.5) is 5.69 Å². The lowest BCUT2D eigenvalue weighted by Crippen LogP contribution is -2.67. The van der Waals surface area contributed by atoms with E-state index in [9.17, 15) is 9.59 Å². The quantitative estimate of drug-likeness (QED) is 0.840. The van der Waals surface area contributed by atoms with Crippen molar-refractivity contribution in [3.63, 3.8) is 0 Å². The van der Waals surface area contributed by atoms with Gasteiger partial charge in [0.1, 0.15) is 11.8 Å². The van der Waals surface area contributed by atoms with Crippen LogP contribution in [-0.2, 0) is 9.59 Å². The van der Waals surface area contributed by atoms with Gasteiger partial charge in [0.05, 0.1) is 6.61 Å². The Balaban J connectivity index is 1.41. The van der Waals surface area contributed by atoms with E-state index < -0.39 is 0 Å². The number of fused-ring (bicyclic) bond motifs is 3. The normalized spacial score (nSPS) is 30.6. The highest BCUT2D eigenvalue weighted by Gasteiger charge is 2.50. The molecule has 2 heterocycles. The van der Waals surface area contributed by atoms with Gasteiger partial charge in [0, 0.05) is 37.3 Å². The van der Waals surface area contributed by atoms with Gasteiger partial charge in [0.15, 0.2) is 0 Å². The molecule has 3 fully saturated rings. The zero-order valence-electron chi connectivity index (χ0n) is 16.0. The molecule has 27 heavy (non-hydrogen) atoms. The first-order valence-electron chi connectivity index (χ1n) is 9.90. The molecule has 7 nitrogen and oxygen atoms in total. The molecule has 2 aliphatic heterocycles. The maximum Gasteiger partial charge on any atom is 0.241 e. The average molecular weight is 372 g/mol. The van der Waals surface area contributed by atoms with Crippen LogP contribution in [0.1, 0.15) is 32.6 Å². The summed E-state index contributed by atoms with van der Waals surface area (Å²) in [5.74, 6) is 0.932.